The van der Waals surface area contributed by atoms with E-state index in [9.17, 15) is 4.79 Å². The lowest BCUT2D eigenvalue weighted by Crippen LogP contribution is -2.38. The second-order valence-corrected chi connectivity index (χ2v) is 8.25. The van der Waals surface area contributed by atoms with Crippen LogP contribution in [0, 0.1) is 11.8 Å². The summed E-state index contributed by atoms with van der Waals surface area (Å²) in [5.41, 5.74) is 1.21. The van der Waals surface area contributed by atoms with Gasteiger partial charge in [0, 0.05) is 24.5 Å². The lowest BCUT2D eigenvalue weighted by molar-refractivity contribution is -0.121. The van der Waals surface area contributed by atoms with Crippen LogP contribution >= 0.6 is 36.4 Å². The van der Waals surface area contributed by atoms with Crippen LogP contribution in [-0.4, -0.2) is 43.5 Å². The maximum atomic E-state index is 12.1. The van der Waals surface area contributed by atoms with Gasteiger partial charge in [0.1, 0.15) is 0 Å². The molecule has 2 fully saturated rings. The number of carbonyl (C=O) groups is 1. The van der Waals surface area contributed by atoms with Crippen LogP contribution in [0.25, 0.3) is 0 Å². The molecule has 2 aliphatic rings. The lowest BCUT2D eigenvalue weighted by Gasteiger charge is -2.32. The summed E-state index contributed by atoms with van der Waals surface area (Å²) in [5.74, 6) is 1.58. The Morgan fingerprint density at radius 1 is 1.07 bits per heavy atom. The summed E-state index contributed by atoms with van der Waals surface area (Å²) in [5, 5.41) is 7.41. The van der Waals surface area contributed by atoms with Crippen LogP contribution in [-0.2, 0) is 11.3 Å². The van der Waals surface area contributed by atoms with E-state index in [4.69, 9.17) is 11.6 Å². The first-order valence-electron chi connectivity index (χ1n) is 10.1. The number of nitrogens with zero attached hydrogens (tertiary/aromatic N) is 1. The average Bonchev–Trinajstić information content (AvgIpc) is 2.68. The Morgan fingerprint density at radius 2 is 1.75 bits per heavy atom. The third kappa shape index (κ3) is 8.46. The average molecular weight is 451 g/mol. The number of hydrogen-bond donors (Lipinski definition) is 2. The van der Waals surface area contributed by atoms with Crippen molar-refractivity contribution in [1.29, 1.82) is 0 Å². The van der Waals surface area contributed by atoms with Crippen molar-refractivity contribution >= 4 is 42.3 Å². The topological polar surface area (TPSA) is 44.4 Å². The standard InChI is InChI=1S/C21H32ClN3O.2ClH/c22-20-4-2-1-3-19(20)16-25-13-9-18(10-14-25)15-24-21(26)6-5-17-7-11-23-12-8-17;;/h1-4,17-18,23H,5-16H2,(H,24,26);2*1H. The summed E-state index contributed by atoms with van der Waals surface area (Å²) in [4.78, 5) is 14.6. The zero-order chi connectivity index (χ0) is 18.2. The molecule has 0 bridgehead atoms. The molecule has 7 heteroatoms. The van der Waals surface area contributed by atoms with Gasteiger partial charge < -0.3 is 10.6 Å². The van der Waals surface area contributed by atoms with Crippen LogP contribution in [0.1, 0.15) is 44.1 Å². The van der Waals surface area contributed by atoms with Gasteiger partial charge in [0.15, 0.2) is 0 Å². The number of hydrogen-bond acceptors (Lipinski definition) is 3. The molecule has 0 spiro atoms. The number of nitrogens with one attached hydrogen (secondary N) is 2. The molecule has 1 aromatic rings. The van der Waals surface area contributed by atoms with Crippen molar-refractivity contribution in [3.05, 3.63) is 34.9 Å². The van der Waals surface area contributed by atoms with Gasteiger partial charge in [-0.15, -0.1) is 24.8 Å². The van der Waals surface area contributed by atoms with E-state index in [0.717, 1.165) is 69.5 Å². The number of halogens is 3. The minimum atomic E-state index is 0. The summed E-state index contributed by atoms with van der Waals surface area (Å²) < 4.78 is 0. The van der Waals surface area contributed by atoms with Crippen LogP contribution in [0.15, 0.2) is 24.3 Å². The normalized spacial score (nSPS) is 18.8. The minimum absolute atomic E-state index is 0. The van der Waals surface area contributed by atoms with E-state index in [1.807, 2.05) is 18.2 Å². The Bertz CT molecular complexity index is 574. The molecule has 2 saturated heterocycles. The van der Waals surface area contributed by atoms with Gasteiger partial charge in [0.25, 0.3) is 0 Å². The van der Waals surface area contributed by atoms with Gasteiger partial charge in [-0.2, -0.15) is 0 Å². The maximum Gasteiger partial charge on any atom is 0.220 e. The summed E-state index contributed by atoms with van der Waals surface area (Å²) in [6.07, 6.45) is 6.48. The number of carbonyl (C=O) groups excluding carboxylic acids is 1. The molecule has 0 atom stereocenters. The third-order valence-electron chi connectivity index (χ3n) is 5.89. The molecule has 0 radical (unpaired) electrons. The predicted molar refractivity (Wildman–Crippen MR) is 122 cm³/mol. The first-order chi connectivity index (χ1) is 12.7. The molecule has 160 valence electrons. The van der Waals surface area contributed by atoms with Gasteiger partial charge in [-0.3, -0.25) is 9.69 Å². The molecule has 0 aliphatic carbocycles. The highest BCUT2D eigenvalue weighted by Crippen LogP contribution is 2.22. The monoisotopic (exact) mass is 449 g/mol. The summed E-state index contributed by atoms with van der Waals surface area (Å²) >= 11 is 6.26. The number of rotatable bonds is 7. The fraction of sp³-hybridized carbons (Fsp3) is 0.667. The van der Waals surface area contributed by atoms with Gasteiger partial charge in [-0.05, 0) is 81.7 Å². The lowest BCUT2D eigenvalue weighted by atomic mass is 9.93. The van der Waals surface area contributed by atoms with Gasteiger partial charge in [0.05, 0.1) is 0 Å². The Kier molecular flexibility index (Phi) is 12.4. The number of benzene rings is 1. The molecule has 1 amide bonds. The minimum Gasteiger partial charge on any atom is -0.356 e. The van der Waals surface area contributed by atoms with Crippen LogP contribution < -0.4 is 10.6 Å². The van der Waals surface area contributed by atoms with E-state index in [-0.39, 0.29) is 30.7 Å². The Hall–Kier alpha value is -0.520. The van der Waals surface area contributed by atoms with Crippen molar-refractivity contribution in [2.45, 2.75) is 45.1 Å². The van der Waals surface area contributed by atoms with Gasteiger partial charge in [-0.1, -0.05) is 29.8 Å². The van der Waals surface area contributed by atoms with E-state index < -0.39 is 0 Å². The van der Waals surface area contributed by atoms with Crippen molar-refractivity contribution in [2.24, 2.45) is 11.8 Å². The quantitative estimate of drug-likeness (QED) is 0.651. The molecule has 3 rings (SSSR count). The SMILES string of the molecule is Cl.Cl.O=C(CCC1CCNCC1)NCC1CCN(Cc2ccccc2Cl)CC1. The van der Waals surface area contributed by atoms with E-state index in [1.54, 1.807) is 0 Å². The van der Waals surface area contributed by atoms with Crippen molar-refractivity contribution in [2.75, 3.05) is 32.7 Å². The first-order valence-corrected chi connectivity index (χ1v) is 10.5. The maximum absolute atomic E-state index is 12.1. The highest BCUT2D eigenvalue weighted by Gasteiger charge is 2.20. The second kappa shape index (κ2) is 13.7. The van der Waals surface area contributed by atoms with Crippen LogP contribution in [0.3, 0.4) is 0 Å². The molecule has 1 aromatic carbocycles. The highest BCUT2D eigenvalue weighted by atomic mass is 35.5. The number of amides is 1. The van der Waals surface area contributed by atoms with Crippen molar-refractivity contribution in [1.82, 2.24) is 15.5 Å². The van der Waals surface area contributed by atoms with Crippen LogP contribution in [0.5, 0.6) is 0 Å². The number of likely N-dealkylation sites (tertiary alicyclic amines) is 1. The van der Waals surface area contributed by atoms with E-state index in [0.29, 0.717) is 12.3 Å². The second-order valence-electron chi connectivity index (χ2n) is 7.85. The van der Waals surface area contributed by atoms with E-state index >= 15 is 0 Å². The molecular weight excluding hydrogens is 417 g/mol. The molecule has 0 unspecified atom stereocenters. The molecule has 0 saturated carbocycles. The van der Waals surface area contributed by atoms with E-state index in [2.05, 4.69) is 21.6 Å². The van der Waals surface area contributed by atoms with Gasteiger partial charge >= 0.3 is 0 Å². The van der Waals surface area contributed by atoms with Crippen molar-refractivity contribution in [3.8, 4) is 0 Å². The van der Waals surface area contributed by atoms with Crippen molar-refractivity contribution in [3.63, 3.8) is 0 Å². The Labute approximate surface area is 187 Å². The fourth-order valence-electron chi connectivity index (χ4n) is 4.07. The molecular formula is C21H34Cl3N3O. The molecule has 2 aliphatic heterocycles. The van der Waals surface area contributed by atoms with Crippen molar-refractivity contribution < 1.29 is 4.79 Å². The van der Waals surface area contributed by atoms with Crippen LogP contribution in [0.2, 0.25) is 5.02 Å². The molecule has 28 heavy (non-hydrogen) atoms. The van der Waals surface area contributed by atoms with Gasteiger partial charge in [-0.25, -0.2) is 0 Å². The molecule has 2 N–H and O–H groups in total. The Morgan fingerprint density at radius 3 is 2.43 bits per heavy atom. The zero-order valence-corrected chi connectivity index (χ0v) is 18.9. The molecule has 2 heterocycles. The van der Waals surface area contributed by atoms with E-state index in [1.165, 1.54) is 18.4 Å². The number of piperidine rings is 2. The molecule has 4 nitrogen and oxygen atoms in total. The Balaban J connectivity index is 0.00000196. The predicted octanol–water partition coefficient (Wildman–Crippen LogP) is 4.29. The fourth-order valence-corrected chi connectivity index (χ4v) is 4.26. The highest BCUT2D eigenvalue weighted by molar-refractivity contribution is 6.31. The summed E-state index contributed by atoms with van der Waals surface area (Å²) in [6, 6.07) is 8.10. The zero-order valence-electron chi connectivity index (χ0n) is 16.5. The molecule has 0 aromatic heterocycles. The van der Waals surface area contributed by atoms with Gasteiger partial charge in [0.2, 0.25) is 5.91 Å². The largest absolute Gasteiger partial charge is 0.356 e. The summed E-state index contributed by atoms with van der Waals surface area (Å²) in [6.45, 7) is 6.15. The smallest absolute Gasteiger partial charge is 0.220 e. The van der Waals surface area contributed by atoms with Crippen LogP contribution in [0.4, 0.5) is 0 Å². The summed E-state index contributed by atoms with van der Waals surface area (Å²) in [7, 11) is 0. The third-order valence-corrected chi connectivity index (χ3v) is 6.25. The first kappa shape index (κ1) is 25.5.